The highest BCUT2D eigenvalue weighted by Crippen LogP contribution is 2.32. The van der Waals surface area contributed by atoms with Gasteiger partial charge in [-0.15, -0.1) is 0 Å². The minimum Gasteiger partial charge on any atom is -0.323 e. The molecule has 1 aliphatic rings. The van der Waals surface area contributed by atoms with Crippen molar-refractivity contribution in [3.8, 4) is 0 Å². The smallest absolute Gasteiger partial charge is 0.323 e. The van der Waals surface area contributed by atoms with Crippen molar-refractivity contribution < 1.29 is 13.2 Å². The van der Waals surface area contributed by atoms with Crippen LogP contribution in [-0.4, -0.2) is 30.2 Å². The lowest BCUT2D eigenvalue weighted by Crippen LogP contribution is -2.40. The summed E-state index contributed by atoms with van der Waals surface area (Å²) in [7, 11) is 0. The van der Waals surface area contributed by atoms with Crippen LogP contribution in [0.2, 0.25) is 0 Å². The maximum atomic E-state index is 12.7. The van der Waals surface area contributed by atoms with E-state index in [2.05, 4.69) is 0 Å². The molecule has 1 saturated carbocycles. The van der Waals surface area contributed by atoms with Crippen molar-refractivity contribution in [1.29, 1.82) is 0 Å². The summed E-state index contributed by atoms with van der Waals surface area (Å²) >= 11 is 0. The van der Waals surface area contributed by atoms with Crippen LogP contribution >= 0.6 is 0 Å². The zero-order chi connectivity index (χ0) is 15.8. The Kier molecular flexibility index (Phi) is 4.63. The van der Waals surface area contributed by atoms with Gasteiger partial charge >= 0.3 is 6.18 Å². The normalized spacial score (nSPS) is 17.3. The minimum atomic E-state index is -4.17. The van der Waals surface area contributed by atoms with Gasteiger partial charge in [0.25, 0.3) is 0 Å². The minimum absolute atomic E-state index is 0.0451. The van der Waals surface area contributed by atoms with Gasteiger partial charge in [-0.25, -0.2) is 0 Å². The molecule has 5 heteroatoms. The fourth-order valence-electron chi connectivity index (χ4n) is 3.13. The number of rotatable bonds is 5. The first-order valence-electron chi connectivity index (χ1n) is 7.31. The van der Waals surface area contributed by atoms with Crippen LogP contribution in [0.4, 0.5) is 13.2 Å². The molecule has 2 nitrogen and oxygen atoms in total. The van der Waals surface area contributed by atoms with Crippen molar-refractivity contribution in [2.24, 2.45) is 5.73 Å². The predicted octanol–water partition coefficient (Wildman–Crippen LogP) is 3.64. The fraction of sp³-hybridized carbons (Fsp3) is 0.625. The van der Waals surface area contributed by atoms with Crippen LogP contribution in [0.25, 0.3) is 0 Å². The molecule has 2 N–H and O–H groups in total. The average Bonchev–Trinajstić information content (AvgIpc) is 3.07. The van der Waals surface area contributed by atoms with Gasteiger partial charge in [0.1, 0.15) is 0 Å². The summed E-state index contributed by atoms with van der Waals surface area (Å²) in [6.45, 7) is 5.35. The SMILES string of the molecule is Cc1cc(C)c(C(N)CN(CC(F)(F)F)C2CC2)c(C)c1. The molecule has 0 aromatic heterocycles. The van der Waals surface area contributed by atoms with E-state index in [9.17, 15) is 13.2 Å². The summed E-state index contributed by atoms with van der Waals surface area (Å²) in [6, 6.07) is 3.73. The highest BCUT2D eigenvalue weighted by atomic mass is 19.4. The summed E-state index contributed by atoms with van der Waals surface area (Å²) in [6.07, 6.45) is -2.48. The van der Waals surface area contributed by atoms with E-state index >= 15 is 0 Å². The van der Waals surface area contributed by atoms with Crippen molar-refractivity contribution in [3.05, 3.63) is 34.4 Å². The highest BCUT2D eigenvalue weighted by molar-refractivity contribution is 5.39. The van der Waals surface area contributed by atoms with E-state index in [0.29, 0.717) is 0 Å². The van der Waals surface area contributed by atoms with Crippen molar-refractivity contribution in [2.75, 3.05) is 13.1 Å². The number of halogens is 3. The summed E-state index contributed by atoms with van der Waals surface area (Å²) < 4.78 is 38.0. The third-order valence-electron chi connectivity index (χ3n) is 3.99. The molecular weight excluding hydrogens is 277 g/mol. The Hall–Kier alpha value is -1.07. The number of aryl methyl sites for hydroxylation is 3. The third-order valence-corrected chi connectivity index (χ3v) is 3.99. The van der Waals surface area contributed by atoms with E-state index in [1.54, 1.807) is 0 Å². The van der Waals surface area contributed by atoms with Gasteiger partial charge in [0, 0.05) is 18.6 Å². The van der Waals surface area contributed by atoms with E-state index in [1.165, 1.54) is 4.90 Å². The van der Waals surface area contributed by atoms with Crippen molar-refractivity contribution >= 4 is 0 Å². The molecule has 0 aliphatic heterocycles. The van der Waals surface area contributed by atoms with E-state index in [-0.39, 0.29) is 18.6 Å². The van der Waals surface area contributed by atoms with Crippen LogP contribution in [0, 0.1) is 20.8 Å². The predicted molar refractivity (Wildman–Crippen MR) is 78.2 cm³/mol. The number of nitrogens with two attached hydrogens (primary N) is 1. The van der Waals surface area contributed by atoms with E-state index in [4.69, 9.17) is 5.73 Å². The van der Waals surface area contributed by atoms with Gasteiger partial charge in [-0.1, -0.05) is 17.7 Å². The fourth-order valence-corrected chi connectivity index (χ4v) is 3.13. The van der Waals surface area contributed by atoms with Crippen molar-refractivity contribution in [1.82, 2.24) is 4.90 Å². The standard InChI is InChI=1S/C16H23F3N2/c1-10-6-11(2)15(12(3)7-10)14(20)8-21(13-4-5-13)9-16(17,18)19/h6-7,13-14H,4-5,8-9,20H2,1-3H3. The molecule has 0 spiro atoms. The molecule has 1 fully saturated rings. The molecule has 1 atom stereocenters. The zero-order valence-corrected chi connectivity index (χ0v) is 12.8. The lowest BCUT2D eigenvalue weighted by molar-refractivity contribution is -0.147. The molecule has 1 unspecified atom stereocenters. The molecule has 1 aromatic rings. The Labute approximate surface area is 124 Å². The van der Waals surface area contributed by atoms with Crippen molar-refractivity contribution in [3.63, 3.8) is 0 Å². The van der Waals surface area contributed by atoms with Gasteiger partial charge in [0.2, 0.25) is 0 Å². The second-order valence-corrected chi connectivity index (χ2v) is 6.19. The van der Waals surface area contributed by atoms with Gasteiger partial charge in [-0.3, -0.25) is 4.90 Å². The molecule has 0 saturated heterocycles. The summed E-state index contributed by atoms with van der Waals surface area (Å²) in [5.74, 6) is 0. The van der Waals surface area contributed by atoms with Gasteiger partial charge < -0.3 is 5.73 Å². The molecule has 2 rings (SSSR count). The van der Waals surface area contributed by atoms with Crippen molar-refractivity contribution in [2.45, 2.75) is 51.9 Å². The monoisotopic (exact) mass is 300 g/mol. The topological polar surface area (TPSA) is 29.3 Å². The van der Waals surface area contributed by atoms with Gasteiger partial charge in [-0.05, 0) is 50.3 Å². The molecule has 0 bridgehead atoms. The van der Waals surface area contributed by atoms with Gasteiger partial charge in [0.05, 0.1) is 6.54 Å². The quantitative estimate of drug-likeness (QED) is 0.899. The molecular formula is C16H23F3N2. The summed E-state index contributed by atoms with van der Waals surface area (Å²) in [5.41, 5.74) is 10.5. The van der Waals surface area contributed by atoms with Crippen LogP contribution in [0.15, 0.2) is 12.1 Å². The first-order chi connectivity index (χ1) is 9.67. The number of hydrogen-bond acceptors (Lipinski definition) is 2. The molecule has 0 radical (unpaired) electrons. The Morgan fingerprint density at radius 3 is 2.14 bits per heavy atom. The highest BCUT2D eigenvalue weighted by Gasteiger charge is 2.38. The molecule has 0 amide bonds. The number of benzene rings is 1. The Bertz CT molecular complexity index is 484. The second-order valence-electron chi connectivity index (χ2n) is 6.19. The second kappa shape index (κ2) is 5.97. The van der Waals surface area contributed by atoms with E-state index < -0.39 is 12.7 Å². The first-order valence-corrected chi connectivity index (χ1v) is 7.31. The lowest BCUT2D eigenvalue weighted by Gasteiger charge is -2.28. The Morgan fingerprint density at radius 2 is 1.71 bits per heavy atom. The van der Waals surface area contributed by atoms with Crippen LogP contribution in [0.3, 0.4) is 0 Å². The van der Waals surface area contributed by atoms with Crippen LogP contribution in [0.5, 0.6) is 0 Å². The zero-order valence-electron chi connectivity index (χ0n) is 12.8. The summed E-state index contributed by atoms with van der Waals surface area (Å²) in [4.78, 5) is 1.49. The maximum Gasteiger partial charge on any atom is 0.401 e. The first kappa shape index (κ1) is 16.3. The van der Waals surface area contributed by atoms with Gasteiger partial charge in [0.15, 0.2) is 0 Å². The van der Waals surface area contributed by atoms with Crippen LogP contribution < -0.4 is 5.73 Å². The Morgan fingerprint density at radius 1 is 1.19 bits per heavy atom. The number of alkyl halides is 3. The van der Waals surface area contributed by atoms with Crippen LogP contribution in [-0.2, 0) is 0 Å². The molecule has 118 valence electrons. The largest absolute Gasteiger partial charge is 0.401 e. The summed E-state index contributed by atoms with van der Waals surface area (Å²) in [5, 5.41) is 0. The molecule has 1 aliphatic carbocycles. The molecule has 21 heavy (non-hydrogen) atoms. The third kappa shape index (κ3) is 4.45. The maximum absolute atomic E-state index is 12.7. The van der Waals surface area contributed by atoms with E-state index in [0.717, 1.165) is 35.1 Å². The van der Waals surface area contributed by atoms with Gasteiger partial charge in [-0.2, -0.15) is 13.2 Å². The number of nitrogens with zero attached hydrogens (tertiary/aromatic N) is 1. The molecule has 1 aromatic carbocycles. The van der Waals surface area contributed by atoms with Crippen LogP contribution in [0.1, 0.15) is 41.1 Å². The Balaban J connectivity index is 2.14. The average molecular weight is 300 g/mol. The number of hydrogen-bond donors (Lipinski definition) is 1. The lowest BCUT2D eigenvalue weighted by atomic mass is 9.94. The van der Waals surface area contributed by atoms with E-state index in [1.807, 2.05) is 32.9 Å². The molecule has 0 heterocycles.